The van der Waals surface area contributed by atoms with E-state index in [1.165, 1.54) is 17.0 Å². The van der Waals surface area contributed by atoms with Crippen molar-refractivity contribution < 1.29 is 18.0 Å². The molecule has 2 amide bonds. The monoisotopic (exact) mass is 595 g/mol. The van der Waals surface area contributed by atoms with Crippen LogP contribution in [0, 0.1) is 20.8 Å². The van der Waals surface area contributed by atoms with Crippen molar-refractivity contribution in [2.24, 2.45) is 0 Å². The third-order valence-electron chi connectivity index (χ3n) is 7.80. The number of benzene rings is 3. The summed E-state index contributed by atoms with van der Waals surface area (Å²) >= 11 is 6.40. The number of amides is 2. The number of carbonyl (C=O) groups excluding carboxylic acids is 2. The highest BCUT2D eigenvalue weighted by atomic mass is 35.5. The highest BCUT2D eigenvalue weighted by Crippen LogP contribution is 2.29. The largest absolute Gasteiger partial charge is 0.352 e. The fourth-order valence-corrected chi connectivity index (χ4v) is 6.63. The summed E-state index contributed by atoms with van der Waals surface area (Å²) in [7, 11) is -4.15. The lowest BCUT2D eigenvalue weighted by Gasteiger charge is -2.33. The van der Waals surface area contributed by atoms with Crippen LogP contribution in [0.2, 0.25) is 5.02 Å². The van der Waals surface area contributed by atoms with E-state index in [-0.39, 0.29) is 29.1 Å². The van der Waals surface area contributed by atoms with Crippen LogP contribution in [-0.4, -0.2) is 43.8 Å². The normalized spacial score (nSPS) is 14.5. The smallest absolute Gasteiger partial charge is 0.264 e. The molecule has 3 aromatic carbocycles. The van der Waals surface area contributed by atoms with Crippen molar-refractivity contribution in [1.29, 1.82) is 0 Å². The molecule has 218 valence electrons. The van der Waals surface area contributed by atoms with Gasteiger partial charge in [-0.05, 0) is 81.5 Å². The summed E-state index contributed by atoms with van der Waals surface area (Å²) in [5.41, 5.74) is 3.83. The summed E-state index contributed by atoms with van der Waals surface area (Å²) in [5, 5.41) is 3.48. The van der Waals surface area contributed by atoms with Gasteiger partial charge in [-0.25, -0.2) is 8.42 Å². The van der Waals surface area contributed by atoms with Gasteiger partial charge in [0.15, 0.2) is 0 Å². The lowest BCUT2D eigenvalue weighted by molar-refractivity contribution is -0.139. The van der Waals surface area contributed by atoms with Gasteiger partial charge in [0, 0.05) is 17.6 Å². The van der Waals surface area contributed by atoms with Gasteiger partial charge in [-0.2, -0.15) is 0 Å². The molecule has 1 N–H and O–H groups in total. The standard InChI is InChI=1S/C32H38ClN3O4S/c1-22-13-17-29(18-14-22)41(39,40)36(28-16-15-24(3)30(33)19-28)21-31(37)35(20-26-10-6-5-9-23(26)2)25(4)32(38)34-27-11-7-8-12-27/h5-6,9-10,13-19,25,27H,7-8,11-12,20-21H2,1-4H3,(H,34,38). The molecular weight excluding hydrogens is 558 g/mol. The number of carbonyl (C=O) groups is 2. The number of hydrogen-bond donors (Lipinski definition) is 1. The zero-order valence-corrected chi connectivity index (χ0v) is 25.6. The van der Waals surface area contributed by atoms with Gasteiger partial charge in [0.2, 0.25) is 11.8 Å². The number of aryl methyl sites for hydroxylation is 3. The Morgan fingerprint density at radius 3 is 2.24 bits per heavy atom. The van der Waals surface area contributed by atoms with E-state index >= 15 is 0 Å². The Kier molecular flexibility index (Phi) is 9.76. The fourth-order valence-electron chi connectivity index (χ4n) is 5.05. The highest BCUT2D eigenvalue weighted by Gasteiger charge is 2.33. The minimum absolute atomic E-state index is 0.0603. The van der Waals surface area contributed by atoms with Crippen LogP contribution in [0.5, 0.6) is 0 Å². The Morgan fingerprint density at radius 1 is 0.951 bits per heavy atom. The quantitative estimate of drug-likeness (QED) is 0.314. The number of sulfonamides is 1. The van der Waals surface area contributed by atoms with Crippen LogP contribution in [0.4, 0.5) is 5.69 Å². The Hall–Kier alpha value is -3.36. The summed E-state index contributed by atoms with van der Waals surface area (Å²) in [5.74, 6) is -0.736. The lowest BCUT2D eigenvalue weighted by atomic mass is 10.1. The van der Waals surface area contributed by atoms with E-state index in [0.29, 0.717) is 5.02 Å². The minimum atomic E-state index is -4.15. The molecule has 9 heteroatoms. The molecule has 1 unspecified atom stereocenters. The Balaban J connectivity index is 1.71. The van der Waals surface area contributed by atoms with E-state index in [0.717, 1.165) is 52.2 Å². The molecule has 4 rings (SSSR count). The zero-order valence-electron chi connectivity index (χ0n) is 24.1. The summed E-state index contributed by atoms with van der Waals surface area (Å²) < 4.78 is 29.0. The van der Waals surface area contributed by atoms with E-state index in [1.54, 1.807) is 37.3 Å². The van der Waals surface area contributed by atoms with Gasteiger partial charge in [0.1, 0.15) is 12.6 Å². The van der Waals surface area contributed by atoms with Crippen molar-refractivity contribution in [1.82, 2.24) is 10.2 Å². The van der Waals surface area contributed by atoms with Crippen molar-refractivity contribution in [3.05, 3.63) is 94.0 Å². The van der Waals surface area contributed by atoms with Gasteiger partial charge in [-0.1, -0.05) is 72.5 Å². The molecule has 0 heterocycles. The lowest BCUT2D eigenvalue weighted by Crippen LogP contribution is -2.52. The summed E-state index contributed by atoms with van der Waals surface area (Å²) in [4.78, 5) is 29.0. The van der Waals surface area contributed by atoms with Crippen LogP contribution in [0.1, 0.15) is 54.9 Å². The van der Waals surface area contributed by atoms with Crippen LogP contribution in [0.15, 0.2) is 71.6 Å². The molecule has 1 aliphatic rings. The van der Waals surface area contributed by atoms with Crippen molar-refractivity contribution in [2.75, 3.05) is 10.8 Å². The number of rotatable bonds is 10. The van der Waals surface area contributed by atoms with Crippen molar-refractivity contribution in [3.8, 4) is 0 Å². The molecule has 3 aromatic rings. The van der Waals surface area contributed by atoms with E-state index in [2.05, 4.69) is 5.32 Å². The molecule has 1 fully saturated rings. The zero-order chi connectivity index (χ0) is 29.7. The van der Waals surface area contributed by atoms with E-state index < -0.39 is 28.5 Å². The van der Waals surface area contributed by atoms with Crippen LogP contribution < -0.4 is 9.62 Å². The van der Waals surface area contributed by atoms with E-state index in [1.807, 2.05) is 45.0 Å². The first-order chi connectivity index (χ1) is 19.5. The van der Waals surface area contributed by atoms with Crippen LogP contribution >= 0.6 is 11.6 Å². The number of nitrogens with one attached hydrogen (secondary N) is 1. The third kappa shape index (κ3) is 7.29. The molecule has 1 atom stereocenters. The maximum Gasteiger partial charge on any atom is 0.264 e. The average Bonchev–Trinajstić information content (AvgIpc) is 3.45. The number of hydrogen-bond acceptors (Lipinski definition) is 4. The third-order valence-corrected chi connectivity index (χ3v) is 10.00. The molecule has 0 aliphatic heterocycles. The first kappa shape index (κ1) is 30.6. The van der Waals surface area contributed by atoms with E-state index in [9.17, 15) is 18.0 Å². The molecule has 1 saturated carbocycles. The predicted octanol–water partition coefficient (Wildman–Crippen LogP) is 5.94. The van der Waals surface area contributed by atoms with Gasteiger partial charge in [-0.15, -0.1) is 0 Å². The molecule has 0 saturated heterocycles. The SMILES string of the molecule is Cc1ccc(S(=O)(=O)N(CC(=O)N(Cc2ccccc2C)C(C)C(=O)NC2CCCC2)c2ccc(C)c(Cl)c2)cc1. The van der Waals surface area contributed by atoms with Crippen molar-refractivity contribution >= 4 is 39.1 Å². The molecule has 0 bridgehead atoms. The van der Waals surface area contributed by atoms with Gasteiger partial charge in [0.05, 0.1) is 10.6 Å². The van der Waals surface area contributed by atoms with Crippen molar-refractivity contribution in [3.63, 3.8) is 0 Å². The Morgan fingerprint density at radius 2 is 1.61 bits per heavy atom. The highest BCUT2D eigenvalue weighted by molar-refractivity contribution is 7.92. The molecule has 41 heavy (non-hydrogen) atoms. The number of nitrogens with zero attached hydrogens (tertiary/aromatic N) is 2. The Labute approximate surface area is 248 Å². The van der Waals surface area contributed by atoms with Crippen molar-refractivity contribution in [2.45, 2.75) is 76.9 Å². The first-order valence-electron chi connectivity index (χ1n) is 14.0. The topological polar surface area (TPSA) is 86.8 Å². The fraction of sp³-hybridized carbons (Fsp3) is 0.375. The predicted molar refractivity (Wildman–Crippen MR) is 163 cm³/mol. The minimum Gasteiger partial charge on any atom is -0.352 e. The van der Waals surface area contributed by atoms with Gasteiger partial charge in [0.25, 0.3) is 10.0 Å². The Bertz CT molecular complexity index is 1500. The maximum atomic E-state index is 14.1. The first-order valence-corrected chi connectivity index (χ1v) is 15.8. The van der Waals surface area contributed by atoms with Crippen LogP contribution in [0.3, 0.4) is 0 Å². The molecule has 7 nitrogen and oxygen atoms in total. The van der Waals surface area contributed by atoms with Crippen LogP contribution in [0.25, 0.3) is 0 Å². The summed E-state index contributed by atoms with van der Waals surface area (Å²) in [6.45, 7) is 7.01. The summed E-state index contributed by atoms with van der Waals surface area (Å²) in [6, 6.07) is 18.4. The summed E-state index contributed by atoms with van der Waals surface area (Å²) in [6.07, 6.45) is 3.97. The number of anilines is 1. The van der Waals surface area contributed by atoms with Gasteiger partial charge in [-0.3, -0.25) is 13.9 Å². The second-order valence-corrected chi connectivity index (χ2v) is 13.1. The van der Waals surface area contributed by atoms with Crippen LogP contribution in [-0.2, 0) is 26.2 Å². The molecule has 0 aromatic heterocycles. The maximum absolute atomic E-state index is 14.1. The molecule has 1 aliphatic carbocycles. The average molecular weight is 596 g/mol. The number of halogens is 1. The molecule has 0 spiro atoms. The second kappa shape index (κ2) is 13.1. The van der Waals surface area contributed by atoms with E-state index in [4.69, 9.17) is 11.6 Å². The second-order valence-electron chi connectivity index (χ2n) is 10.9. The molecule has 0 radical (unpaired) electrons. The van der Waals surface area contributed by atoms with Gasteiger partial charge >= 0.3 is 0 Å². The molecular formula is C32H38ClN3O4S. The van der Waals surface area contributed by atoms with Gasteiger partial charge < -0.3 is 10.2 Å².